The summed E-state index contributed by atoms with van der Waals surface area (Å²) in [6, 6.07) is 7.44. The summed E-state index contributed by atoms with van der Waals surface area (Å²) in [6.07, 6.45) is 2.79. The SMILES string of the molecule is Cc1c2c(-c3nc(C4CC4C)no3)ncn2c2ccccc2[n+]1[O-]. The molecule has 2 unspecified atom stereocenters. The summed E-state index contributed by atoms with van der Waals surface area (Å²) < 4.78 is 8.25. The summed E-state index contributed by atoms with van der Waals surface area (Å²) in [5.41, 5.74) is 3.20. The lowest BCUT2D eigenvalue weighted by atomic mass is 10.2. The molecule has 5 rings (SSSR count). The third-order valence-corrected chi connectivity index (χ3v) is 4.86. The first kappa shape index (κ1) is 13.5. The van der Waals surface area contributed by atoms with Gasteiger partial charge in [-0.3, -0.25) is 4.40 Å². The molecule has 0 amide bonds. The van der Waals surface area contributed by atoms with Crippen molar-refractivity contribution in [2.45, 2.75) is 26.2 Å². The van der Waals surface area contributed by atoms with Gasteiger partial charge in [0.25, 0.3) is 5.89 Å². The summed E-state index contributed by atoms with van der Waals surface area (Å²) in [5.74, 6) is 2.07. The third kappa shape index (κ3) is 1.72. The van der Waals surface area contributed by atoms with Crippen LogP contribution in [0.5, 0.6) is 0 Å². The van der Waals surface area contributed by atoms with E-state index in [2.05, 4.69) is 22.0 Å². The zero-order chi connectivity index (χ0) is 16.4. The van der Waals surface area contributed by atoms with E-state index >= 15 is 0 Å². The van der Waals surface area contributed by atoms with Gasteiger partial charge in [-0.2, -0.15) is 9.71 Å². The first-order valence-electron chi connectivity index (χ1n) is 7.97. The van der Waals surface area contributed by atoms with Crippen molar-refractivity contribution in [2.24, 2.45) is 5.92 Å². The minimum absolute atomic E-state index is 0.366. The molecular formula is C17H15N5O2. The van der Waals surface area contributed by atoms with Crippen LogP contribution in [0.1, 0.15) is 30.8 Å². The van der Waals surface area contributed by atoms with E-state index in [0.29, 0.717) is 40.1 Å². The molecule has 0 saturated heterocycles. The maximum atomic E-state index is 12.6. The highest BCUT2D eigenvalue weighted by atomic mass is 16.5. The molecule has 0 bridgehead atoms. The number of rotatable bonds is 2. The molecule has 24 heavy (non-hydrogen) atoms. The Morgan fingerprint density at radius 2 is 2.12 bits per heavy atom. The lowest BCUT2D eigenvalue weighted by Gasteiger charge is -2.08. The number of hydrogen-bond acceptors (Lipinski definition) is 5. The molecule has 1 fully saturated rings. The lowest BCUT2D eigenvalue weighted by Crippen LogP contribution is -2.32. The van der Waals surface area contributed by atoms with E-state index in [1.54, 1.807) is 19.3 Å². The first-order valence-corrected chi connectivity index (χ1v) is 7.97. The first-order chi connectivity index (χ1) is 11.6. The fourth-order valence-corrected chi connectivity index (χ4v) is 3.31. The van der Waals surface area contributed by atoms with Gasteiger partial charge in [-0.25, -0.2) is 4.98 Å². The number of nitrogens with zero attached hydrogens (tertiary/aromatic N) is 5. The molecule has 120 valence electrons. The van der Waals surface area contributed by atoms with Crippen LogP contribution in [-0.4, -0.2) is 19.5 Å². The van der Waals surface area contributed by atoms with Gasteiger partial charge in [0.05, 0.1) is 0 Å². The maximum absolute atomic E-state index is 12.6. The Balaban J connectivity index is 1.77. The minimum atomic E-state index is 0.366. The normalized spacial score (nSPS) is 20.1. The summed E-state index contributed by atoms with van der Waals surface area (Å²) >= 11 is 0. The molecule has 0 radical (unpaired) electrons. The van der Waals surface area contributed by atoms with Gasteiger partial charge in [-0.1, -0.05) is 24.2 Å². The van der Waals surface area contributed by atoms with Crippen LogP contribution in [0.15, 0.2) is 35.1 Å². The molecule has 1 aliphatic carbocycles. The molecule has 0 N–H and O–H groups in total. The van der Waals surface area contributed by atoms with Crippen LogP contribution in [-0.2, 0) is 0 Å². The fourth-order valence-electron chi connectivity index (χ4n) is 3.31. The summed E-state index contributed by atoms with van der Waals surface area (Å²) in [5, 5.41) is 16.7. The number of para-hydroxylation sites is 2. The lowest BCUT2D eigenvalue weighted by molar-refractivity contribution is -0.583. The highest BCUT2D eigenvalue weighted by Gasteiger charge is 2.38. The number of benzene rings is 1. The van der Waals surface area contributed by atoms with Crippen LogP contribution < -0.4 is 4.73 Å². The van der Waals surface area contributed by atoms with Crippen molar-refractivity contribution < 1.29 is 9.25 Å². The van der Waals surface area contributed by atoms with Gasteiger partial charge in [-0.15, -0.1) is 0 Å². The van der Waals surface area contributed by atoms with Crippen LogP contribution in [0.25, 0.3) is 28.1 Å². The van der Waals surface area contributed by atoms with Crippen LogP contribution in [0.2, 0.25) is 0 Å². The summed E-state index contributed by atoms with van der Waals surface area (Å²) in [6.45, 7) is 3.95. The number of fused-ring (bicyclic) bond motifs is 3. The second kappa shape index (κ2) is 4.53. The van der Waals surface area contributed by atoms with Gasteiger partial charge in [0.15, 0.2) is 11.5 Å². The molecule has 4 aromatic rings. The van der Waals surface area contributed by atoms with Crippen molar-refractivity contribution in [3.63, 3.8) is 0 Å². The largest absolute Gasteiger partial charge is 0.618 e. The smallest absolute Gasteiger partial charge is 0.279 e. The minimum Gasteiger partial charge on any atom is -0.618 e. The summed E-state index contributed by atoms with van der Waals surface area (Å²) in [7, 11) is 0. The van der Waals surface area contributed by atoms with Gasteiger partial charge >= 0.3 is 0 Å². The average molecular weight is 321 g/mol. The van der Waals surface area contributed by atoms with Gasteiger partial charge in [0.2, 0.25) is 11.2 Å². The number of aromatic nitrogens is 5. The molecule has 1 saturated carbocycles. The second-order valence-electron chi connectivity index (χ2n) is 6.46. The standard InChI is InChI=1S/C17H15N5O2/c1-9-7-11(9)16-19-17(24-20-16)14-15-10(2)22(23)13-6-4-3-5-12(13)21(15)8-18-14/h3-6,8-9,11H,7H2,1-2H3. The molecule has 7 heteroatoms. The molecular weight excluding hydrogens is 306 g/mol. The monoisotopic (exact) mass is 321 g/mol. The van der Waals surface area contributed by atoms with Crippen LogP contribution >= 0.6 is 0 Å². The van der Waals surface area contributed by atoms with E-state index in [1.807, 2.05) is 22.6 Å². The van der Waals surface area contributed by atoms with E-state index in [-0.39, 0.29) is 0 Å². The Kier molecular flexibility index (Phi) is 2.54. The number of imidazole rings is 1. The van der Waals surface area contributed by atoms with Crippen molar-refractivity contribution in [1.82, 2.24) is 19.5 Å². The van der Waals surface area contributed by atoms with E-state index in [0.717, 1.165) is 22.5 Å². The van der Waals surface area contributed by atoms with Crippen molar-refractivity contribution >= 4 is 16.6 Å². The van der Waals surface area contributed by atoms with Gasteiger partial charge in [-0.05, 0) is 18.4 Å². The Morgan fingerprint density at radius 3 is 2.92 bits per heavy atom. The predicted octanol–water partition coefficient (Wildman–Crippen LogP) is 2.60. The highest BCUT2D eigenvalue weighted by Crippen LogP contribution is 2.45. The average Bonchev–Trinajstić information content (AvgIpc) is 3.03. The zero-order valence-corrected chi connectivity index (χ0v) is 13.3. The highest BCUT2D eigenvalue weighted by molar-refractivity contribution is 5.82. The molecule has 7 nitrogen and oxygen atoms in total. The Hall–Kier alpha value is -2.96. The Bertz CT molecular complexity index is 1100. The Labute approximate surface area is 137 Å². The van der Waals surface area contributed by atoms with Crippen LogP contribution in [0.4, 0.5) is 0 Å². The van der Waals surface area contributed by atoms with E-state index in [4.69, 9.17) is 4.52 Å². The van der Waals surface area contributed by atoms with Crippen LogP contribution in [0.3, 0.4) is 0 Å². The molecule has 0 aliphatic heterocycles. The van der Waals surface area contributed by atoms with Gasteiger partial charge in [0.1, 0.15) is 17.4 Å². The van der Waals surface area contributed by atoms with Gasteiger partial charge in [0, 0.05) is 18.9 Å². The molecule has 3 aromatic heterocycles. The predicted molar refractivity (Wildman–Crippen MR) is 86.2 cm³/mol. The van der Waals surface area contributed by atoms with E-state index in [9.17, 15) is 5.21 Å². The van der Waals surface area contributed by atoms with Crippen molar-refractivity contribution in [3.8, 4) is 11.6 Å². The molecule has 3 heterocycles. The van der Waals surface area contributed by atoms with Crippen molar-refractivity contribution in [3.05, 3.63) is 47.3 Å². The van der Waals surface area contributed by atoms with Crippen molar-refractivity contribution in [1.29, 1.82) is 0 Å². The third-order valence-electron chi connectivity index (χ3n) is 4.86. The van der Waals surface area contributed by atoms with E-state index < -0.39 is 0 Å². The topological polar surface area (TPSA) is 83.2 Å². The van der Waals surface area contributed by atoms with E-state index in [1.165, 1.54) is 0 Å². The van der Waals surface area contributed by atoms with Gasteiger partial charge < -0.3 is 9.73 Å². The molecule has 2 atom stereocenters. The van der Waals surface area contributed by atoms with Crippen LogP contribution in [0, 0.1) is 18.0 Å². The Morgan fingerprint density at radius 1 is 1.33 bits per heavy atom. The molecule has 1 aliphatic rings. The quantitative estimate of drug-likeness (QED) is 0.418. The maximum Gasteiger partial charge on any atom is 0.279 e. The zero-order valence-electron chi connectivity index (χ0n) is 13.3. The summed E-state index contributed by atoms with van der Waals surface area (Å²) in [4.78, 5) is 8.95. The number of hydrogen-bond donors (Lipinski definition) is 0. The second-order valence-corrected chi connectivity index (χ2v) is 6.46. The fraction of sp³-hybridized carbons (Fsp3) is 0.294. The molecule has 0 spiro atoms. The number of aryl methyl sites for hydroxylation is 1. The molecule has 1 aromatic carbocycles. The van der Waals surface area contributed by atoms with Crippen molar-refractivity contribution in [2.75, 3.05) is 0 Å².